The molecular weight excluding hydrogens is 1020 g/mol. The number of para-hydroxylation sites is 2. The average molecular weight is 1100 g/mol. The third-order valence-corrected chi connectivity index (χ3v) is 17.6. The summed E-state index contributed by atoms with van der Waals surface area (Å²) >= 11 is 14.9. The van der Waals surface area contributed by atoms with Crippen LogP contribution in [0.5, 0.6) is 0 Å². The van der Waals surface area contributed by atoms with Crippen LogP contribution in [0.1, 0.15) is 120 Å². The van der Waals surface area contributed by atoms with Crippen LogP contribution in [0.3, 0.4) is 0 Å². The minimum absolute atomic E-state index is 0.209. The number of aryl methyl sites for hydroxylation is 2. The van der Waals surface area contributed by atoms with Crippen molar-refractivity contribution in [2.45, 2.75) is 180 Å². The maximum atomic E-state index is 14.7. The fourth-order valence-electron chi connectivity index (χ4n) is 10.0. The number of nitrogens with zero attached hydrogens (tertiary/aromatic N) is 4. The molecule has 406 valence electrons. The first-order valence-corrected chi connectivity index (χ1v) is 28.5. The molecule has 0 spiro atoms. The van der Waals surface area contributed by atoms with Crippen LogP contribution >= 0.6 is 48.0 Å². The Morgan fingerprint density at radius 1 is 0.649 bits per heavy atom. The fourth-order valence-corrected chi connectivity index (χ4v) is 13.8. The monoisotopic (exact) mass is 1090 g/mol. The molecule has 6 amide bonds. The lowest BCUT2D eigenvalue weighted by atomic mass is 9.84. The fraction of sp³-hybridized carbons (Fsp3) is 0.630. The van der Waals surface area contributed by atoms with E-state index < -0.39 is 70.5 Å². The molecule has 2 aromatic rings. The van der Waals surface area contributed by atoms with Gasteiger partial charge in [-0.25, -0.2) is 9.59 Å². The number of thioether (sulfide) groups is 2. The SMILES string of the molecule is C[C@@H](C(=S)N[C@H]1CCS[C@H]2CC(C)(C)[C@@H](C(=O)Nc3ccccc3CCc3ccccc3NC(=O)[C@H]3N4C(=O)[C@@H](NC(=S)[C@H](C)N(C)C(=O)OC(C)(C)C)CCS[C@H]4CC3(C)C)N2C1=O)N(C)C(=O)OC(C)(C)C. The maximum Gasteiger partial charge on any atom is 0.410 e. The van der Waals surface area contributed by atoms with E-state index in [0.717, 1.165) is 11.1 Å². The Labute approximate surface area is 457 Å². The molecule has 0 radical (unpaired) electrons. The summed E-state index contributed by atoms with van der Waals surface area (Å²) in [4.78, 5) is 91.1. The van der Waals surface area contributed by atoms with Crippen molar-refractivity contribution < 1.29 is 38.2 Å². The highest BCUT2D eigenvalue weighted by Crippen LogP contribution is 2.48. The molecule has 4 N–H and O–H groups in total. The summed E-state index contributed by atoms with van der Waals surface area (Å²) in [5.74, 6) is 0.368. The highest BCUT2D eigenvalue weighted by Gasteiger charge is 2.56. The van der Waals surface area contributed by atoms with E-state index in [9.17, 15) is 28.8 Å². The summed E-state index contributed by atoms with van der Waals surface area (Å²) in [5.41, 5.74) is 0.556. The second-order valence-corrected chi connectivity index (χ2v) is 26.8. The summed E-state index contributed by atoms with van der Waals surface area (Å²) in [6.07, 6.45) is 2.24. The van der Waals surface area contributed by atoms with Gasteiger partial charge in [-0.2, -0.15) is 0 Å². The van der Waals surface area contributed by atoms with Crippen molar-refractivity contribution in [3.8, 4) is 0 Å². The molecule has 0 saturated carbocycles. The molecule has 0 aliphatic carbocycles. The van der Waals surface area contributed by atoms with Crippen LogP contribution in [0.25, 0.3) is 0 Å². The van der Waals surface area contributed by atoms with Gasteiger partial charge in [0.1, 0.15) is 35.4 Å². The number of carbonyl (C=O) groups is 6. The van der Waals surface area contributed by atoms with E-state index in [2.05, 4.69) is 21.3 Å². The minimum atomic E-state index is -0.777. The van der Waals surface area contributed by atoms with E-state index in [1.165, 1.54) is 9.80 Å². The molecule has 16 nitrogen and oxygen atoms in total. The number of rotatable bonds is 13. The Bertz CT molecular complexity index is 2310. The molecule has 0 unspecified atom stereocenters. The summed E-state index contributed by atoms with van der Waals surface area (Å²) in [6.45, 7) is 22.4. The van der Waals surface area contributed by atoms with Gasteiger partial charge in [0.15, 0.2) is 0 Å². The Hall–Kier alpha value is -4.66. The van der Waals surface area contributed by atoms with Crippen molar-refractivity contribution in [1.82, 2.24) is 30.2 Å². The number of fused-ring (bicyclic) bond motifs is 2. The van der Waals surface area contributed by atoms with Crippen molar-refractivity contribution in [2.75, 3.05) is 36.2 Å². The Morgan fingerprint density at radius 2 is 0.986 bits per heavy atom. The topological polar surface area (TPSA) is 182 Å². The van der Waals surface area contributed by atoms with Crippen molar-refractivity contribution in [2.24, 2.45) is 10.8 Å². The number of hydrogen-bond donors (Lipinski definition) is 4. The van der Waals surface area contributed by atoms with Gasteiger partial charge in [-0.15, -0.1) is 23.5 Å². The standard InChI is InChI=1S/C54H78N8O8S4/c1-31(59(13)49(67)69-51(3,4)5)45(71)57-37-25-27-73-39-29-53(9,10)41(61(39)47(37)65)43(63)55-35-21-17-15-19-33(35)23-24-34-20-16-18-22-36(34)56-44(64)42-54(11,12)30-40-62(42)48(66)38(26-28-74-40)58-46(72)32(2)60(14)50(68)70-52(6,7)8/h15-22,31-32,37-42H,23-30H2,1-14H3,(H,55,63)(H,56,64)(H,57,71)(H,58,72)/t31-,32-,37-,38-,39-,40-,41+,42+/m0/s1. The van der Waals surface area contributed by atoms with Gasteiger partial charge in [0.2, 0.25) is 23.6 Å². The number of likely N-dealkylation sites (N-methyl/N-ethyl adjacent to an activating group) is 2. The first-order chi connectivity index (χ1) is 34.4. The lowest BCUT2D eigenvalue weighted by Gasteiger charge is -2.35. The first kappa shape index (κ1) is 58.6. The molecule has 4 heterocycles. The summed E-state index contributed by atoms with van der Waals surface area (Å²) in [5, 5.41) is 12.5. The number of benzene rings is 2. The number of anilines is 2. The van der Waals surface area contributed by atoms with Crippen LogP contribution in [-0.2, 0) is 41.5 Å². The van der Waals surface area contributed by atoms with Gasteiger partial charge < -0.3 is 50.3 Å². The van der Waals surface area contributed by atoms with Gasteiger partial charge in [-0.1, -0.05) is 88.5 Å². The van der Waals surface area contributed by atoms with Crippen LogP contribution in [-0.4, -0.2) is 149 Å². The molecule has 4 aliphatic heterocycles. The zero-order valence-electron chi connectivity index (χ0n) is 45.6. The maximum absolute atomic E-state index is 14.7. The van der Waals surface area contributed by atoms with Gasteiger partial charge in [0, 0.05) is 25.5 Å². The zero-order valence-corrected chi connectivity index (χ0v) is 48.8. The summed E-state index contributed by atoms with van der Waals surface area (Å²) < 4.78 is 11.1. The summed E-state index contributed by atoms with van der Waals surface area (Å²) in [7, 11) is 3.23. The molecule has 4 aliphatic rings. The van der Waals surface area contributed by atoms with Crippen LogP contribution < -0.4 is 21.3 Å². The molecule has 74 heavy (non-hydrogen) atoms. The Morgan fingerprint density at radius 3 is 1.32 bits per heavy atom. The smallest absolute Gasteiger partial charge is 0.410 e. The number of amides is 6. The van der Waals surface area contributed by atoms with Crippen LogP contribution in [0.2, 0.25) is 0 Å². The largest absolute Gasteiger partial charge is 0.444 e. The molecular formula is C54H78N8O8S4. The molecule has 20 heteroatoms. The second-order valence-electron chi connectivity index (χ2n) is 23.4. The van der Waals surface area contributed by atoms with E-state index >= 15 is 0 Å². The van der Waals surface area contributed by atoms with Gasteiger partial charge in [-0.3, -0.25) is 19.2 Å². The number of nitrogens with one attached hydrogen (secondary N) is 4. The highest BCUT2D eigenvalue weighted by molar-refractivity contribution is 8.00. The van der Waals surface area contributed by atoms with E-state index in [4.69, 9.17) is 33.9 Å². The van der Waals surface area contributed by atoms with E-state index in [-0.39, 0.29) is 34.4 Å². The Kier molecular flexibility index (Phi) is 18.4. The van der Waals surface area contributed by atoms with Crippen LogP contribution in [0.15, 0.2) is 48.5 Å². The van der Waals surface area contributed by atoms with Crippen molar-refractivity contribution in [3.63, 3.8) is 0 Å². The second kappa shape index (κ2) is 23.3. The Balaban J connectivity index is 1.13. The lowest BCUT2D eigenvalue weighted by molar-refractivity contribution is -0.140. The van der Waals surface area contributed by atoms with Gasteiger partial charge >= 0.3 is 12.2 Å². The summed E-state index contributed by atoms with van der Waals surface area (Å²) in [6, 6.07) is 11.2. The van der Waals surface area contributed by atoms with Crippen molar-refractivity contribution >= 4 is 105 Å². The van der Waals surface area contributed by atoms with Crippen molar-refractivity contribution in [1.29, 1.82) is 0 Å². The highest BCUT2D eigenvalue weighted by atomic mass is 32.2. The predicted octanol–water partition coefficient (Wildman–Crippen LogP) is 8.61. The molecule has 0 bridgehead atoms. The molecule has 0 aromatic heterocycles. The lowest BCUT2D eigenvalue weighted by Crippen LogP contribution is -2.57. The third kappa shape index (κ3) is 13.8. The molecule has 6 rings (SSSR count). The van der Waals surface area contributed by atoms with Gasteiger partial charge in [-0.05, 0) is 140 Å². The number of thiocarbonyl (C=S) groups is 2. The van der Waals surface area contributed by atoms with Gasteiger partial charge in [0.25, 0.3) is 0 Å². The molecule has 2 aromatic carbocycles. The average Bonchev–Trinajstić information content (AvgIpc) is 3.62. The third-order valence-electron chi connectivity index (χ3n) is 14.2. The van der Waals surface area contributed by atoms with E-state index in [1.807, 2.05) is 76.2 Å². The van der Waals surface area contributed by atoms with E-state index in [0.29, 0.717) is 71.4 Å². The van der Waals surface area contributed by atoms with Crippen LogP contribution in [0.4, 0.5) is 21.0 Å². The normalized spacial score (nSPS) is 24.2. The van der Waals surface area contributed by atoms with Gasteiger partial charge in [0.05, 0.1) is 32.8 Å². The number of hydrogen-bond acceptors (Lipinski definition) is 12. The molecule has 4 saturated heterocycles. The first-order valence-electron chi connectivity index (χ1n) is 25.6. The number of ether oxygens (including phenoxy) is 2. The predicted molar refractivity (Wildman–Crippen MR) is 303 cm³/mol. The van der Waals surface area contributed by atoms with Crippen molar-refractivity contribution in [3.05, 3.63) is 59.7 Å². The van der Waals surface area contributed by atoms with E-state index in [1.54, 1.807) is 103 Å². The zero-order chi connectivity index (χ0) is 54.8. The molecule has 4 fully saturated rings. The van der Waals surface area contributed by atoms with Crippen LogP contribution in [0, 0.1) is 10.8 Å². The number of carbonyl (C=O) groups excluding carboxylic acids is 6. The quantitative estimate of drug-likeness (QED) is 0.140. The molecule has 8 atom stereocenters. The minimum Gasteiger partial charge on any atom is -0.444 e.